The van der Waals surface area contributed by atoms with Crippen LogP contribution >= 0.6 is 11.3 Å². The third-order valence-electron chi connectivity index (χ3n) is 5.68. The molecule has 0 atom stereocenters. The summed E-state index contributed by atoms with van der Waals surface area (Å²) in [6.45, 7) is 3.60. The SMILES string of the molecule is Cc1noc(C)c1CCS(=O)(=O)c1ccc2ncc(-c3ccc4scnc4c3)c(N)c2c1. The first-order chi connectivity index (χ1) is 15.3. The minimum atomic E-state index is -3.54. The van der Waals surface area contributed by atoms with Crippen LogP contribution < -0.4 is 5.73 Å². The zero-order valence-corrected chi connectivity index (χ0v) is 19.1. The maximum atomic E-state index is 13.1. The third-order valence-corrected chi connectivity index (χ3v) is 8.21. The number of benzene rings is 2. The molecule has 0 radical (unpaired) electrons. The van der Waals surface area contributed by atoms with Gasteiger partial charge in [-0.2, -0.15) is 0 Å². The number of nitrogen functional groups attached to an aromatic ring is 1. The number of fused-ring (bicyclic) bond motifs is 2. The van der Waals surface area contributed by atoms with Crippen molar-refractivity contribution in [1.82, 2.24) is 15.1 Å². The number of hydrogen-bond acceptors (Lipinski definition) is 8. The van der Waals surface area contributed by atoms with Gasteiger partial charge in [-0.1, -0.05) is 11.2 Å². The van der Waals surface area contributed by atoms with Crippen LogP contribution in [0.25, 0.3) is 32.2 Å². The molecule has 0 saturated carbocycles. The molecule has 0 spiro atoms. The molecule has 3 heterocycles. The highest BCUT2D eigenvalue weighted by Gasteiger charge is 2.19. The van der Waals surface area contributed by atoms with Gasteiger partial charge in [0.15, 0.2) is 9.84 Å². The van der Waals surface area contributed by atoms with Gasteiger partial charge in [0.1, 0.15) is 5.76 Å². The maximum absolute atomic E-state index is 13.1. The Bertz CT molecular complexity index is 1570. The van der Waals surface area contributed by atoms with Crippen molar-refractivity contribution in [1.29, 1.82) is 0 Å². The standard InChI is InChI=1S/C23H20N4O3S2/c1-13-17(14(2)30-27-13)7-8-32(28,29)16-4-5-20-18(10-16)23(24)19(11-25-20)15-3-6-22-21(9-15)26-12-31-22/h3-6,9-12H,7-8H2,1-2H3,(H2,24,25). The number of sulfone groups is 1. The number of pyridine rings is 1. The summed E-state index contributed by atoms with van der Waals surface area (Å²) in [5.41, 5.74) is 13.5. The topological polar surface area (TPSA) is 112 Å². The van der Waals surface area contributed by atoms with Crippen LogP contribution in [0.2, 0.25) is 0 Å². The molecule has 162 valence electrons. The smallest absolute Gasteiger partial charge is 0.178 e. The minimum Gasteiger partial charge on any atom is -0.398 e. The average molecular weight is 465 g/mol. The summed E-state index contributed by atoms with van der Waals surface area (Å²) in [5.74, 6) is 0.598. The molecule has 7 nitrogen and oxygen atoms in total. The Morgan fingerprint density at radius 1 is 1.06 bits per heavy atom. The molecule has 2 N–H and O–H groups in total. The van der Waals surface area contributed by atoms with Gasteiger partial charge in [0.25, 0.3) is 0 Å². The first kappa shape index (κ1) is 20.6. The quantitative estimate of drug-likeness (QED) is 0.401. The van der Waals surface area contributed by atoms with Crippen molar-refractivity contribution in [2.75, 3.05) is 11.5 Å². The first-order valence-corrected chi connectivity index (χ1v) is 12.5. The fourth-order valence-electron chi connectivity index (χ4n) is 3.85. The molecule has 0 fully saturated rings. The van der Waals surface area contributed by atoms with Crippen LogP contribution in [0.1, 0.15) is 17.0 Å². The second kappa shape index (κ2) is 7.68. The van der Waals surface area contributed by atoms with E-state index >= 15 is 0 Å². The van der Waals surface area contributed by atoms with Crippen molar-refractivity contribution in [3.63, 3.8) is 0 Å². The van der Waals surface area contributed by atoms with Crippen molar-refractivity contribution >= 4 is 48.0 Å². The van der Waals surface area contributed by atoms with Crippen LogP contribution in [0.4, 0.5) is 5.69 Å². The van der Waals surface area contributed by atoms with Crippen molar-refractivity contribution in [3.8, 4) is 11.1 Å². The van der Waals surface area contributed by atoms with E-state index in [9.17, 15) is 8.42 Å². The molecule has 9 heteroatoms. The lowest BCUT2D eigenvalue weighted by Crippen LogP contribution is -2.10. The molecule has 0 aliphatic carbocycles. The average Bonchev–Trinajstić information content (AvgIpc) is 3.38. The summed E-state index contributed by atoms with van der Waals surface area (Å²) in [5, 5.41) is 4.51. The molecule has 0 bridgehead atoms. The van der Waals surface area contributed by atoms with Crippen molar-refractivity contribution < 1.29 is 12.9 Å². The molecular formula is C23H20N4O3S2. The predicted octanol–water partition coefficient (Wildman–Crippen LogP) is 4.71. The Labute approximate surface area is 188 Å². The number of nitrogens with two attached hydrogens (primary N) is 1. The van der Waals surface area contributed by atoms with Crippen molar-refractivity contribution in [2.45, 2.75) is 25.2 Å². The fraction of sp³-hybridized carbons (Fsp3) is 0.174. The van der Waals surface area contributed by atoms with Gasteiger partial charge in [-0.3, -0.25) is 4.98 Å². The minimum absolute atomic E-state index is 0.0467. The van der Waals surface area contributed by atoms with E-state index in [1.165, 1.54) is 0 Å². The summed E-state index contributed by atoms with van der Waals surface area (Å²) >= 11 is 1.57. The predicted molar refractivity (Wildman–Crippen MR) is 127 cm³/mol. The molecule has 0 unspecified atom stereocenters. The highest BCUT2D eigenvalue weighted by Crippen LogP contribution is 2.34. The van der Waals surface area contributed by atoms with Crippen molar-refractivity contribution in [2.24, 2.45) is 0 Å². The van der Waals surface area contributed by atoms with Gasteiger partial charge < -0.3 is 10.3 Å². The Morgan fingerprint density at radius 2 is 1.91 bits per heavy atom. The Hall–Kier alpha value is -3.30. The summed E-state index contributed by atoms with van der Waals surface area (Å²) < 4.78 is 32.3. The Balaban J connectivity index is 1.53. The lowest BCUT2D eigenvalue weighted by Gasteiger charge is -2.11. The van der Waals surface area contributed by atoms with E-state index in [2.05, 4.69) is 15.1 Å². The molecule has 3 aromatic heterocycles. The maximum Gasteiger partial charge on any atom is 0.178 e. The number of rotatable bonds is 5. The van der Waals surface area contributed by atoms with Crippen LogP contribution in [0.15, 0.2) is 57.5 Å². The van der Waals surface area contributed by atoms with Gasteiger partial charge in [0.05, 0.1) is 43.3 Å². The molecule has 0 saturated heterocycles. The molecule has 5 aromatic rings. The summed E-state index contributed by atoms with van der Waals surface area (Å²) in [4.78, 5) is 9.09. The normalized spacial score (nSPS) is 12.1. The molecule has 0 aliphatic heterocycles. The van der Waals surface area contributed by atoms with E-state index in [4.69, 9.17) is 10.3 Å². The third kappa shape index (κ3) is 3.53. The number of aryl methyl sites for hydroxylation is 2. The van der Waals surface area contributed by atoms with Gasteiger partial charge in [-0.15, -0.1) is 11.3 Å². The summed E-state index contributed by atoms with van der Waals surface area (Å²) in [7, 11) is -3.54. The number of thiazole rings is 1. The lowest BCUT2D eigenvalue weighted by molar-refractivity contribution is 0.392. The lowest BCUT2D eigenvalue weighted by atomic mass is 10.0. The van der Waals surface area contributed by atoms with E-state index in [-0.39, 0.29) is 10.6 Å². The van der Waals surface area contributed by atoms with Crippen LogP contribution in [0.5, 0.6) is 0 Å². The second-order valence-corrected chi connectivity index (χ2v) is 10.7. The number of aromatic nitrogens is 3. The van der Waals surface area contributed by atoms with Crippen LogP contribution in [0, 0.1) is 13.8 Å². The van der Waals surface area contributed by atoms with E-state index in [0.717, 1.165) is 26.9 Å². The largest absolute Gasteiger partial charge is 0.398 e. The zero-order valence-electron chi connectivity index (χ0n) is 17.5. The zero-order chi connectivity index (χ0) is 22.5. The highest BCUT2D eigenvalue weighted by atomic mass is 32.2. The number of anilines is 1. The Kier molecular flexibility index (Phi) is 4.94. The monoisotopic (exact) mass is 464 g/mol. The Morgan fingerprint density at radius 3 is 2.69 bits per heavy atom. The van der Waals surface area contributed by atoms with Gasteiger partial charge in [-0.25, -0.2) is 13.4 Å². The van der Waals surface area contributed by atoms with Crippen molar-refractivity contribution in [3.05, 3.63) is 65.1 Å². The number of nitrogens with zero attached hydrogens (tertiary/aromatic N) is 3. The molecule has 0 amide bonds. The number of hydrogen-bond donors (Lipinski definition) is 1. The summed E-state index contributed by atoms with van der Waals surface area (Å²) in [6, 6.07) is 10.8. The molecule has 32 heavy (non-hydrogen) atoms. The molecule has 5 rings (SSSR count). The molecule has 0 aliphatic rings. The van der Waals surface area contributed by atoms with E-state index < -0.39 is 9.84 Å². The van der Waals surface area contributed by atoms with E-state index in [1.807, 2.05) is 25.1 Å². The van der Waals surface area contributed by atoms with E-state index in [0.29, 0.717) is 34.5 Å². The highest BCUT2D eigenvalue weighted by molar-refractivity contribution is 7.91. The first-order valence-electron chi connectivity index (χ1n) is 10.00. The fourth-order valence-corrected chi connectivity index (χ4v) is 5.79. The van der Waals surface area contributed by atoms with Crippen LogP contribution in [-0.2, 0) is 16.3 Å². The van der Waals surface area contributed by atoms with Gasteiger partial charge in [0, 0.05) is 22.7 Å². The molecular weight excluding hydrogens is 444 g/mol. The van der Waals surface area contributed by atoms with Gasteiger partial charge in [0.2, 0.25) is 0 Å². The van der Waals surface area contributed by atoms with E-state index in [1.54, 1.807) is 48.2 Å². The van der Waals surface area contributed by atoms with Gasteiger partial charge in [-0.05, 0) is 56.2 Å². The van der Waals surface area contributed by atoms with Gasteiger partial charge >= 0.3 is 0 Å². The van der Waals surface area contributed by atoms with Crippen LogP contribution in [-0.4, -0.2) is 29.3 Å². The van der Waals surface area contributed by atoms with Crippen LogP contribution in [0.3, 0.4) is 0 Å². The summed E-state index contributed by atoms with van der Waals surface area (Å²) in [6.07, 6.45) is 2.06. The molecule has 2 aromatic carbocycles. The second-order valence-electron chi connectivity index (χ2n) is 7.67.